The van der Waals surface area contributed by atoms with Crippen molar-refractivity contribution in [2.75, 3.05) is 17.2 Å². The summed E-state index contributed by atoms with van der Waals surface area (Å²) in [5, 5.41) is 23.5. The summed E-state index contributed by atoms with van der Waals surface area (Å²) in [6.45, 7) is 3.46. The van der Waals surface area contributed by atoms with Gasteiger partial charge in [0.05, 0.1) is 0 Å². The SMILES string of the molecule is CC(C)O/N=C(\C(=O)NC1C(=O)N2C(C(=O)O)=C(CSc3nncs3)CS[C@H]12)c1nsc(N)n1. The number of β-lactam (4-membered cyclic amide) rings is 1. The summed E-state index contributed by atoms with van der Waals surface area (Å²) in [5.74, 6) is -1.74. The Morgan fingerprint density at radius 2 is 2.26 bits per heavy atom. The third-order valence-electron chi connectivity index (χ3n) is 4.47. The van der Waals surface area contributed by atoms with E-state index in [1.807, 2.05) is 0 Å². The van der Waals surface area contributed by atoms with Crippen molar-refractivity contribution < 1.29 is 24.3 Å². The van der Waals surface area contributed by atoms with Gasteiger partial charge in [-0.1, -0.05) is 28.3 Å². The number of carbonyl (C=O) groups is 3. The largest absolute Gasteiger partial charge is 0.477 e. The van der Waals surface area contributed by atoms with E-state index >= 15 is 0 Å². The molecule has 1 fully saturated rings. The van der Waals surface area contributed by atoms with Crippen molar-refractivity contribution in [3.63, 3.8) is 0 Å². The number of hydrogen-bond acceptors (Lipinski definition) is 14. The smallest absolute Gasteiger partial charge is 0.352 e. The molecule has 0 radical (unpaired) electrons. The van der Waals surface area contributed by atoms with Crippen LogP contribution in [0.5, 0.6) is 0 Å². The minimum Gasteiger partial charge on any atom is -0.477 e. The molecule has 2 aliphatic rings. The van der Waals surface area contributed by atoms with E-state index in [4.69, 9.17) is 10.6 Å². The fourth-order valence-electron chi connectivity index (χ4n) is 3.05. The second-order valence-corrected chi connectivity index (χ2v) is 11.1. The number of nitrogens with one attached hydrogen (secondary N) is 1. The van der Waals surface area contributed by atoms with Crippen LogP contribution >= 0.6 is 46.4 Å². The highest BCUT2D eigenvalue weighted by molar-refractivity contribution is 8.01. The van der Waals surface area contributed by atoms with Crippen LogP contribution in [0.1, 0.15) is 19.7 Å². The van der Waals surface area contributed by atoms with E-state index in [1.165, 1.54) is 39.8 Å². The molecule has 4 N–H and O–H groups in total. The van der Waals surface area contributed by atoms with Crippen LogP contribution in [0.25, 0.3) is 0 Å². The minimum absolute atomic E-state index is 0.0253. The second kappa shape index (κ2) is 10.2. The Kier molecular flexibility index (Phi) is 7.34. The fourth-order valence-corrected chi connectivity index (χ4v) is 6.46. The summed E-state index contributed by atoms with van der Waals surface area (Å²) in [6.07, 6.45) is -0.312. The van der Waals surface area contributed by atoms with Gasteiger partial charge in [0.1, 0.15) is 28.7 Å². The molecule has 17 heteroatoms. The fraction of sp³-hybridized carbons (Fsp3) is 0.412. The number of amides is 2. The molecule has 2 aromatic heterocycles. The molecule has 1 unspecified atom stereocenters. The Morgan fingerprint density at radius 1 is 1.47 bits per heavy atom. The quantitative estimate of drug-likeness (QED) is 0.174. The average Bonchev–Trinajstić information content (AvgIpc) is 3.47. The van der Waals surface area contributed by atoms with Crippen LogP contribution < -0.4 is 11.1 Å². The average molecular weight is 543 g/mol. The molecule has 1 saturated heterocycles. The Morgan fingerprint density at radius 3 is 2.88 bits per heavy atom. The van der Waals surface area contributed by atoms with Gasteiger partial charge in [-0.25, -0.2) is 4.79 Å². The number of rotatable bonds is 9. The molecular weight excluding hydrogens is 525 g/mol. The number of oxime groups is 1. The van der Waals surface area contributed by atoms with Gasteiger partial charge in [0.15, 0.2) is 9.47 Å². The maximum Gasteiger partial charge on any atom is 0.352 e. The van der Waals surface area contributed by atoms with Gasteiger partial charge < -0.3 is 21.0 Å². The van der Waals surface area contributed by atoms with Crippen molar-refractivity contribution in [1.29, 1.82) is 0 Å². The number of thioether (sulfide) groups is 2. The number of nitrogens with zero attached hydrogens (tertiary/aromatic N) is 6. The number of hydrogen-bond donors (Lipinski definition) is 3. The Balaban J connectivity index is 1.50. The molecular formula is C17H18N8O5S4. The number of carboxylic acid groups (broad SMARTS) is 1. The van der Waals surface area contributed by atoms with E-state index < -0.39 is 29.2 Å². The first-order valence-corrected chi connectivity index (χ1v) is 13.4. The number of aromatic nitrogens is 4. The van der Waals surface area contributed by atoms with Gasteiger partial charge in [0.2, 0.25) is 11.5 Å². The first-order chi connectivity index (χ1) is 16.3. The lowest BCUT2D eigenvalue weighted by molar-refractivity contribution is -0.150. The summed E-state index contributed by atoms with van der Waals surface area (Å²) in [6, 6.07) is -0.940. The highest BCUT2D eigenvalue weighted by atomic mass is 32.2. The summed E-state index contributed by atoms with van der Waals surface area (Å²) < 4.78 is 4.70. The van der Waals surface area contributed by atoms with E-state index in [0.29, 0.717) is 21.4 Å². The van der Waals surface area contributed by atoms with Crippen LogP contribution in [0.2, 0.25) is 0 Å². The molecule has 13 nitrogen and oxygen atoms in total. The molecule has 34 heavy (non-hydrogen) atoms. The van der Waals surface area contributed by atoms with E-state index in [0.717, 1.165) is 11.5 Å². The van der Waals surface area contributed by atoms with Crippen molar-refractivity contribution in [2.45, 2.75) is 35.7 Å². The molecule has 0 saturated carbocycles. The van der Waals surface area contributed by atoms with Crippen molar-refractivity contribution in [3.05, 3.63) is 22.6 Å². The van der Waals surface area contributed by atoms with E-state index in [9.17, 15) is 19.5 Å². The molecule has 180 valence electrons. The lowest BCUT2D eigenvalue weighted by Crippen LogP contribution is -2.71. The van der Waals surface area contributed by atoms with Crippen LogP contribution in [0, 0.1) is 0 Å². The highest BCUT2D eigenvalue weighted by Gasteiger charge is 2.54. The van der Waals surface area contributed by atoms with E-state index in [-0.39, 0.29) is 28.5 Å². The van der Waals surface area contributed by atoms with Crippen LogP contribution in [-0.4, -0.2) is 82.1 Å². The van der Waals surface area contributed by atoms with E-state index in [2.05, 4.69) is 30.0 Å². The van der Waals surface area contributed by atoms with Gasteiger partial charge in [0, 0.05) is 23.0 Å². The normalized spacial score (nSPS) is 20.3. The topological polar surface area (TPSA) is 186 Å². The number of fused-ring (bicyclic) bond motifs is 1. The molecule has 2 aliphatic heterocycles. The molecule has 0 bridgehead atoms. The maximum atomic E-state index is 12.9. The number of carbonyl (C=O) groups excluding carboxylic acids is 2. The minimum atomic E-state index is -1.20. The molecule has 4 heterocycles. The first kappa shape index (κ1) is 24.4. The van der Waals surface area contributed by atoms with Crippen molar-refractivity contribution in [3.8, 4) is 0 Å². The maximum absolute atomic E-state index is 12.9. The third-order valence-corrected chi connectivity index (χ3v) is 8.30. The van der Waals surface area contributed by atoms with Crippen LogP contribution in [0.15, 0.2) is 26.3 Å². The Labute approximate surface area is 209 Å². The summed E-state index contributed by atoms with van der Waals surface area (Å²) in [4.78, 5) is 48.2. The van der Waals surface area contributed by atoms with Gasteiger partial charge in [-0.05, 0) is 19.4 Å². The Bertz CT molecular complexity index is 1160. The van der Waals surface area contributed by atoms with Gasteiger partial charge in [-0.2, -0.15) is 9.36 Å². The van der Waals surface area contributed by atoms with Crippen LogP contribution in [-0.2, 0) is 19.2 Å². The van der Waals surface area contributed by atoms with Gasteiger partial charge in [-0.3, -0.25) is 14.5 Å². The molecule has 0 aliphatic carbocycles. The molecule has 0 aromatic carbocycles. The zero-order valence-corrected chi connectivity index (χ0v) is 21.0. The molecule has 0 spiro atoms. The molecule has 4 rings (SSSR count). The number of nitrogens with two attached hydrogens (primary N) is 1. The predicted octanol–water partition coefficient (Wildman–Crippen LogP) is 0.632. The summed E-state index contributed by atoms with van der Waals surface area (Å²) in [5.41, 5.74) is 7.51. The zero-order valence-electron chi connectivity index (χ0n) is 17.7. The van der Waals surface area contributed by atoms with Crippen molar-refractivity contribution in [2.24, 2.45) is 5.16 Å². The standard InChI is InChI=1S/C17H18N8O5S4/c1-6(2)30-23-8(11-21-16(18)34-24-11)12(26)20-9-13(27)25-10(15(28)29)7(3-31-14(9)25)4-32-17-22-19-5-33-17/h5-6,9,14H,3-4H2,1-2H3,(H,20,26)(H,28,29)(H2,18,21,24)/b23-8-/t9?,14-/m1/s1. The second-order valence-electron chi connectivity index (χ2n) is 7.16. The number of aliphatic carboxylic acids is 1. The summed E-state index contributed by atoms with van der Waals surface area (Å²) in [7, 11) is 0. The lowest BCUT2D eigenvalue weighted by atomic mass is 10.0. The van der Waals surface area contributed by atoms with Crippen LogP contribution in [0.3, 0.4) is 0 Å². The monoisotopic (exact) mass is 542 g/mol. The van der Waals surface area contributed by atoms with E-state index in [1.54, 1.807) is 19.4 Å². The summed E-state index contributed by atoms with van der Waals surface area (Å²) >= 11 is 4.96. The molecule has 2 aromatic rings. The van der Waals surface area contributed by atoms with Crippen LogP contribution in [0.4, 0.5) is 5.13 Å². The number of carboxylic acids is 1. The Hall–Kier alpha value is -2.76. The molecule has 2 amide bonds. The lowest BCUT2D eigenvalue weighted by Gasteiger charge is -2.49. The van der Waals surface area contributed by atoms with Crippen molar-refractivity contribution in [1.82, 2.24) is 29.8 Å². The predicted molar refractivity (Wildman–Crippen MR) is 127 cm³/mol. The third kappa shape index (κ3) is 5.01. The number of anilines is 1. The van der Waals surface area contributed by atoms with Gasteiger partial charge in [0.25, 0.3) is 11.8 Å². The highest BCUT2D eigenvalue weighted by Crippen LogP contribution is 2.41. The molecule has 2 atom stereocenters. The number of nitrogen functional groups attached to an aromatic ring is 1. The first-order valence-electron chi connectivity index (χ1n) is 9.69. The van der Waals surface area contributed by atoms with Gasteiger partial charge in [-0.15, -0.1) is 22.0 Å². The zero-order chi connectivity index (χ0) is 24.4. The van der Waals surface area contributed by atoms with Gasteiger partial charge >= 0.3 is 5.97 Å². The van der Waals surface area contributed by atoms with Crippen molar-refractivity contribution >= 4 is 75.0 Å².